The molecule has 2 aromatic carbocycles. The number of ether oxygens (including phenoxy) is 1. The van der Waals surface area contributed by atoms with Gasteiger partial charge in [0.2, 0.25) is 0 Å². The normalized spacial score (nSPS) is 16.1. The fourth-order valence-corrected chi connectivity index (χ4v) is 5.45. The van der Waals surface area contributed by atoms with Gasteiger partial charge in [-0.25, -0.2) is 4.79 Å². The van der Waals surface area contributed by atoms with Gasteiger partial charge in [0.1, 0.15) is 5.60 Å². The van der Waals surface area contributed by atoms with Gasteiger partial charge in [0, 0.05) is 29.3 Å². The van der Waals surface area contributed by atoms with Crippen molar-refractivity contribution >= 4 is 34.1 Å². The maximum Gasteiger partial charge on any atom is 0.416 e. The van der Waals surface area contributed by atoms with Crippen molar-refractivity contribution in [2.45, 2.75) is 49.6 Å². The number of halogens is 3. The van der Waals surface area contributed by atoms with E-state index in [1.165, 1.54) is 12.1 Å². The Balaban J connectivity index is 1.58. The maximum atomic E-state index is 12.8. The number of nitrogens with one attached hydrogen (secondary N) is 2. The van der Waals surface area contributed by atoms with E-state index in [0.29, 0.717) is 36.5 Å². The van der Waals surface area contributed by atoms with E-state index in [4.69, 9.17) is 4.74 Å². The zero-order valence-corrected chi connectivity index (χ0v) is 20.1. The van der Waals surface area contributed by atoms with Crippen molar-refractivity contribution in [2.24, 2.45) is 4.99 Å². The van der Waals surface area contributed by atoms with Gasteiger partial charge in [-0.1, -0.05) is 18.2 Å². The molecule has 0 saturated heterocycles. The van der Waals surface area contributed by atoms with Crippen LogP contribution >= 0.6 is 10.9 Å². The fourth-order valence-electron chi connectivity index (χ4n) is 3.32. The van der Waals surface area contributed by atoms with Crippen molar-refractivity contribution in [3.63, 3.8) is 0 Å². The molecule has 0 fully saturated rings. The molecule has 0 aliphatic carbocycles. The highest BCUT2D eigenvalue weighted by molar-refractivity contribution is 8.28. The third-order valence-electron chi connectivity index (χ3n) is 4.82. The molecule has 1 aliphatic rings. The van der Waals surface area contributed by atoms with Crippen molar-refractivity contribution in [3.8, 4) is 0 Å². The Hall–Kier alpha value is -3.01. The van der Waals surface area contributed by atoms with Crippen molar-refractivity contribution in [2.75, 3.05) is 13.1 Å². The molecular weight excluding hydrogens is 467 g/mol. The van der Waals surface area contributed by atoms with Crippen molar-refractivity contribution in [1.29, 1.82) is 0 Å². The predicted molar refractivity (Wildman–Crippen MR) is 128 cm³/mol. The van der Waals surface area contributed by atoms with Gasteiger partial charge in [-0.3, -0.25) is 9.79 Å². The second-order valence-corrected chi connectivity index (χ2v) is 10.7. The van der Waals surface area contributed by atoms with Crippen LogP contribution in [0.25, 0.3) is 0 Å². The summed E-state index contributed by atoms with van der Waals surface area (Å²) in [5, 5.41) is 5.50. The predicted octanol–water partition coefficient (Wildman–Crippen LogP) is 5.58. The molecule has 34 heavy (non-hydrogen) atoms. The number of nitrogens with zero attached hydrogens (tertiary/aromatic N) is 1. The molecule has 2 aromatic rings. The summed E-state index contributed by atoms with van der Waals surface area (Å²) in [4.78, 5) is 29.8. The van der Waals surface area contributed by atoms with Gasteiger partial charge in [0.15, 0.2) is 0 Å². The summed E-state index contributed by atoms with van der Waals surface area (Å²) >= 11 is 0. The topological polar surface area (TPSA) is 79.8 Å². The Morgan fingerprint density at radius 1 is 1.00 bits per heavy atom. The number of rotatable bonds is 7. The Kier molecular flexibility index (Phi) is 7.91. The zero-order chi connectivity index (χ0) is 24.9. The molecular formula is C24H28F3N3O3S. The number of thiol groups is 1. The summed E-state index contributed by atoms with van der Waals surface area (Å²) in [5.74, 6) is 0.244. The third-order valence-corrected chi connectivity index (χ3v) is 6.97. The molecule has 2 N–H and O–H groups in total. The minimum Gasteiger partial charge on any atom is -0.444 e. The second kappa shape index (κ2) is 10.5. The smallest absolute Gasteiger partial charge is 0.416 e. The quantitative estimate of drug-likeness (QED) is 0.346. The highest BCUT2D eigenvalue weighted by atomic mass is 32.2. The van der Waals surface area contributed by atoms with Gasteiger partial charge >= 0.3 is 12.3 Å². The summed E-state index contributed by atoms with van der Waals surface area (Å²) in [5.41, 5.74) is 2.49. The largest absolute Gasteiger partial charge is 0.444 e. The number of alkyl halides is 3. The molecule has 10 heteroatoms. The molecule has 3 rings (SSSR count). The van der Waals surface area contributed by atoms with Gasteiger partial charge in [0.25, 0.3) is 5.91 Å². The number of alkyl carbamates (subject to hydrolysis) is 1. The molecule has 1 unspecified atom stereocenters. The lowest BCUT2D eigenvalue weighted by Crippen LogP contribution is -2.34. The number of amides is 2. The van der Waals surface area contributed by atoms with Crippen LogP contribution in [0.4, 0.5) is 23.7 Å². The molecule has 1 heterocycles. The Labute approximate surface area is 199 Å². The highest BCUT2D eigenvalue weighted by Crippen LogP contribution is 2.49. The molecule has 1 atom stereocenters. The number of hydrogen-bond acceptors (Lipinski definition) is 4. The van der Waals surface area contributed by atoms with Crippen molar-refractivity contribution in [1.82, 2.24) is 10.6 Å². The lowest BCUT2D eigenvalue weighted by atomic mass is 10.1. The number of hydrogen-bond donors (Lipinski definition) is 3. The van der Waals surface area contributed by atoms with Crippen molar-refractivity contribution < 1.29 is 27.5 Å². The maximum absolute atomic E-state index is 12.8. The molecule has 0 radical (unpaired) electrons. The number of fused-ring (bicyclic) bond motifs is 1. The molecule has 2 amide bonds. The van der Waals surface area contributed by atoms with Crippen LogP contribution in [0.5, 0.6) is 0 Å². The molecule has 6 nitrogen and oxygen atoms in total. The summed E-state index contributed by atoms with van der Waals surface area (Å²) < 4.78 is 43.7. The molecule has 184 valence electrons. The third kappa shape index (κ3) is 6.99. The van der Waals surface area contributed by atoms with Crippen LogP contribution in [0.1, 0.15) is 48.7 Å². The summed E-state index contributed by atoms with van der Waals surface area (Å²) in [6.07, 6.45) is -4.36. The van der Waals surface area contributed by atoms with Crippen LogP contribution in [-0.4, -0.2) is 36.2 Å². The van der Waals surface area contributed by atoms with E-state index >= 15 is 0 Å². The van der Waals surface area contributed by atoms with Crippen LogP contribution in [0.2, 0.25) is 0 Å². The monoisotopic (exact) mass is 495 g/mol. The lowest BCUT2D eigenvalue weighted by molar-refractivity contribution is -0.137. The Morgan fingerprint density at radius 2 is 1.68 bits per heavy atom. The number of carbonyl (C=O) groups excluding carboxylic acids is 2. The first-order chi connectivity index (χ1) is 15.9. The van der Waals surface area contributed by atoms with Crippen LogP contribution in [0.3, 0.4) is 0 Å². The molecule has 0 saturated carbocycles. The minimum absolute atomic E-state index is 0.250. The van der Waals surface area contributed by atoms with E-state index in [0.717, 1.165) is 22.6 Å². The summed E-state index contributed by atoms with van der Waals surface area (Å²) in [7, 11) is -0.979. The average Bonchev–Trinajstić information content (AvgIpc) is 3.15. The second-order valence-electron chi connectivity index (χ2n) is 8.78. The van der Waals surface area contributed by atoms with Gasteiger partial charge in [-0.05, 0) is 57.0 Å². The van der Waals surface area contributed by atoms with E-state index in [1.807, 2.05) is 6.07 Å². The number of benzene rings is 2. The van der Waals surface area contributed by atoms with Gasteiger partial charge in [-0.2, -0.15) is 24.1 Å². The first-order valence-electron chi connectivity index (χ1n) is 10.8. The van der Waals surface area contributed by atoms with E-state index in [-0.39, 0.29) is 5.91 Å². The molecule has 0 spiro atoms. The van der Waals surface area contributed by atoms with Crippen LogP contribution in [-0.2, 0) is 16.7 Å². The molecule has 1 aliphatic heterocycles. The average molecular weight is 496 g/mol. The standard InChI is InChI=1S/C24H28F3N3O3S/c1-23(2,3)33-22(32)29-13-5-12-28-21(31)18-6-4-7-19-20(18)34(15-30-19)14-16-8-10-17(11-9-16)24(25,26)27/h4,6-11,15,34H,5,12-14H2,1-3H3,(H,28,31)(H,29,32). The summed E-state index contributed by atoms with van der Waals surface area (Å²) in [6.45, 7) is 6.05. The van der Waals surface area contributed by atoms with Gasteiger partial charge < -0.3 is 15.4 Å². The van der Waals surface area contributed by atoms with Crippen molar-refractivity contribution in [3.05, 3.63) is 59.2 Å². The van der Waals surface area contributed by atoms with Crippen LogP contribution in [0.15, 0.2) is 52.4 Å². The zero-order valence-electron chi connectivity index (χ0n) is 19.2. The van der Waals surface area contributed by atoms with E-state index in [2.05, 4.69) is 15.6 Å². The summed E-state index contributed by atoms with van der Waals surface area (Å²) in [6, 6.07) is 10.4. The van der Waals surface area contributed by atoms with Crippen LogP contribution in [0, 0.1) is 0 Å². The SMILES string of the molecule is CC(C)(C)OC(=O)NCCCNC(=O)c1cccc2c1[SH](Cc1ccc(C(F)(F)F)cc1)C=N2. The minimum atomic E-state index is -4.38. The fraction of sp³-hybridized carbons (Fsp3) is 0.375. The lowest BCUT2D eigenvalue weighted by Gasteiger charge is -2.19. The number of aliphatic imine (C=N–C) groups is 1. The Morgan fingerprint density at radius 3 is 2.32 bits per heavy atom. The first-order valence-corrected chi connectivity index (χ1v) is 12.4. The van der Waals surface area contributed by atoms with Gasteiger partial charge in [0.05, 0.1) is 16.8 Å². The Bertz CT molecular complexity index is 1060. The van der Waals surface area contributed by atoms with Crippen LogP contribution < -0.4 is 10.6 Å². The number of carbonyl (C=O) groups is 2. The molecule has 0 aromatic heterocycles. The van der Waals surface area contributed by atoms with Gasteiger partial charge in [-0.15, -0.1) is 0 Å². The van der Waals surface area contributed by atoms with E-state index in [1.54, 1.807) is 38.5 Å². The first kappa shape index (κ1) is 25.6. The van der Waals surface area contributed by atoms with E-state index < -0.39 is 34.3 Å². The highest BCUT2D eigenvalue weighted by Gasteiger charge is 2.30. The molecule has 0 bridgehead atoms. The van der Waals surface area contributed by atoms with E-state index in [9.17, 15) is 22.8 Å².